The lowest BCUT2D eigenvalue weighted by atomic mass is 10.1. The second-order valence-electron chi connectivity index (χ2n) is 5.40. The largest absolute Gasteiger partial charge is 0.385 e. The van der Waals surface area contributed by atoms with Crippen LogP contribution >= 0.6 is 23.2 Å². The number of nitrogens with zero attached hydrogens (tertiary/aromatic N) is 2. The SMILES string of the molecule is COCCC1CN(Cc2ccc(Cl)c(Cl)c2)CCN1C. The maximum atomic E-state index is 6.08. The van der Waals surface area contributed by atoms with Crippen LogP contribution in [-0.4, -0.2) is 56.2 Å². The number of halogens is 2. The number of rotatable bonds is 5. The highest BCUT2D eigenvalue weighted by molar-refractivity contribution is 6.42. The molecule has 3 nitrogen and oxygen atoms in total. The van der Waals surface area contributed by atoms with Gasteiger partial charge in [0.25, 0.3) is 0 Å². The van der Waals surface area contributed by atoms with Crippen molar-refractivity contribution in [3.63, 3.8) is 0 Å². The minimum atomic E-state index is 0.562. The average Bonchev–Trinajstić information content (AvgIpc) is 2.43. The first-order valence-electron chi connectivity index (χ1n) is 6.95. The average molecular weight is 317 g/mol. The van der Waals surface area contributed by atoms with E-state index in [4.69, 9.17) is 27.9 Å². The lowest BCUT2D eigenvalue weighted by Gasteiger charge is -2.39. The van der Waals surface area contributed by atoms with E-state index in [1.54, 1.807) is 7.11 Å². The number of hydrogen-bond acceptors (Lipinski definition) is 3. The smallest absolute Gasteiger partial charge is 0.0595 e. The zero-order chi connectivity index (χ0) is 14.5. The second-order valence-corrected chi connectivity index (χ2v) is 6.21. The molecule has 1 aromatic rings. The van der Waals surface area contributed by atoms with Crippen molar-refractivity contribution in [2.75, 3.05) is 40.4 Å². The quantitative estimate of drug-likeness (QED) is 0.830. The standard InChI is InChI=1S/C15H22Cl2N2O/c1-18-6-7-19(11-13(18)5-8-20-2)10-12-3-4-14(16)15(17)9-12/h3-4,9,13H,5-8,10-11H2,1-2H3. The molecular weight excluding hydrogens is 295 g/mol. The molecule has 1 heterocycles. The van der Waals surface area contributed by atoms with Crippen molar-refractivity contribution in [2.45, 2.75) is 19.0 Å². The Kier molecular flexibility index (Phi) is 6.12. The molecule has 1 aliphatic rings. The van der Waals surface area contributed by atoms with Gasteiger partial charge in [0.1, 0.15) is 0 Å². The third-order valence-corrected chi connectivity index (χ3v) is 4.65. The van der Waals surface area contributed by atoms with Crippen LogP contribution in [0, 0.1) is 0 Å². The summed E-state index contributed by atoms with van der Waals surface area (Å²) in [5.41, 5.74) is 1.22. The molecule has 0 saturated carbocycles. The summed E-state index contributed by atoms with van der Waals surface area (Å²) in [5, 5.41) is 1.25. The number of piperazine rings is 1. The molecule has 0 bridgehead atoms. The fourth-order valence-corrected chi connectivity index (χ4v) is 2.94. The summed E-state index contributed by atoms with van der Waals surface area (Å²) in [7, 11) is 3.95. The van der Waals surface area contributed by atoms with Crippen LogP contribution in [0.3, 0.4) is 0 Å². The summed E-state index contributed by atoms with van der Waals surface area (Å²) in [4.78, 5) is 4.89. The summed E-state index contributed by atoms with van der Waals surface area (Å²) in [5.74, 6) is 0. The normalized spacial score (nSPS) is 21.3. The van der Waals surface area contributed by atoms with Crippen molar-refractivity contribution in [3.8, 4) is 0 Å². The van der Waals surface area contributed by atoms with Gasteiger partial charge in [-0.3, -0.25) is 4.90 Å². The summed E-state index contributed by atoms with van der Waals surface area (Å²) in [6.45, 7) is 4.99. The molecule has 1 saturated heterocycles. The molecule has 20 heavy (non-hydrogen) atoms. The fourth-order valence-electron chi connectivity index (χ4n) is 2.62. The maximum Gasteiger partial charge on any atom is 0.0595 e. The van der Waals surface area contributed by atoms with Gasteiger partial charge in [-0.25, -0.2) is 0 Å². The lowest BCUT2D eigenvalue weighted by Crippen LogP contribution is -2.51. The molecule has 112 valence electrons. The molecule has 1 unspecified atom stereocenters. The van der Waals surface area contributed by atoms with Gasteiger partial charge in [0.2, 0.25) is 0 Å². The van der Waals surface area contributed by atoms with Gasteiger partial charge in [-0.2, -0.15) is 0 Å². The molecular formula is C15H22Cl2N2O. The molecule has 1 atom stereocenters. The molecule has 0 N–H and O–H groups in total. The van der Waals surface area contributed by atoms with Crippen LogP contribution in [0.2, 0.25) is 10.0 Å². The van der Waals surface area contributed by atoms with E-state index in [1.165, 1.54) is 5.56 Å². The summed E-state index contributed by atoms with van der Waals surface area (Å²) in [6, 6.07) is 6.45. The number of methoxy groups -OCH3 is 1. The van der Waals surface area contributed by atoms with E-state index in [0.29, 0.717) is 16.1 Å². The van der Waals surface area contributed by atoms with Crippen molar-refractivity contribution in [1.29, 1.82) is 0 Å². The fraction of sp³-hybridized carbons (Fsp3) is 0.600. The highest BCUT2D eigenvalue weighted by Gasteiger charge is 2.23. The molecule has 1 aromatic carbocycles. The molecule has 1 aliphatic heterocycles. The van der Waals surface area contributed by atoms with Gasteiger partial charge in [-0.15, -0.1) is 0 Å². The zero-order valence-electron chi connectivity index (χ0n) is 12.1. The van der Waals surface area contributed by atoms with Crippen LogP contribution in [0.15, 0.2) is 18.2 Å². The lowest BCUT2D eigenvalue weighted by molar-refractivity contribution is 0.0666. The van der Waals surface area contributed by atoms with E-state index in [9.17, 15) is 0 Å². The third-order valence-electron chi connectivity index (χ3n) is 3.91. The minimum absolute atomic E-state index is 0.562. The van der Waals surface area contributed by atoms with E-state index in [0.717, 1.165) is 39.2 Å². The monoisotopic (exact) mass is 316 g/mol. The van der Waals surface area contributed by atoms with Crippen molar-refractivity contribution in [3.05, 3.63) is 33.8 Å². The van der Waals surface area contributed by atoms with Gasteiger partial charge in [0.15, 0.2) is 0 Å². The Labute approximate surface area is 131 Å². The molecule has 1 fully saturated rings. The van der Waals surface area contributed by atoms with E-state index >= 15 is 0 Å². The van der Waals surface area contributed by atoms with Gasteiger partial charge in [0, 0.05) is 45.9 Å². The van der Waals surface area contributed by atoms with Crippen molar-refractivity contribution in [2.24, 2.45) is 0 Å². The molecule has 0 amide bonds. The number of ether oxygens (including phenoxy) is 1. The number of benzene rings is 1. The molecule has 2 rings (SSSR count). The van der Waals surface area contributed by atoms with Gasteiger partial charge in [0.05, 0.1) is 10.0 Å². The van der Waals surface area contributed by atoms with Crippen molar-refractivity contribution in [1.82, 2.24) is 9.80 Å². The van der Waals surface area contributed by atoms with Crippen molar-refractivity contribution < 1.29 is 4.74 Å². The van der Waals surface area contributed by atoms with Crippen LogP contribution in [0.1, 0.15) is 12.0 Å². The maximum absolute atomic E-state index is 6.08. The summed E-state index contributed by atoms with van der Waals surface area (Å²) >= 11 is 12.0. The molecule has 0 spiro atoms. The van der Waals surface area contributed by atoms with E-state index < -0.39 is 0 Å². The van der Waals surface area contributed by atoms with Crippen LogP contribution in [-0.2, 0) is 11.3 Å². The highest BCUT2D eigenvalue weighted by Crippen LogP contribution is 2.24. The Bertz CT molecular complexity index is 442. The van der Waals surface area contributed by atoms with E-state index in [-0.39, 0.29) is 0 Å². The number of hydrogen-bond donors (Lipinski definition) is 0. The Hall–Kier alpha value is -0.320. The number of likely N-dealkylation sites (N-methyl/N-ethyl adjacent to an activating group) is 1. The van der Waals surface area contributed by atoms with Crippen molar-refractivity contribution >= 4 is 23.2 Å². The van der Waals surface area contributed by atoms with Gasteiger partial charge >= 0.3 is 0 Å². The van der Waals surface area contributed by atoms with E-state index in [1.807, 2.05) is 12.1 Å². The third kappa shape index (κ3) is 4.34. The second kappa shape index (κ2) is 7.62. The summed E-state index contributed by atoms with van der Waals surface area (Å²) < 4.78 is 5.20. The minimum Gasteiger partial charge on any atom is -0.385 e. The van der Waals surface area contributed by atoms with E-state index in [2.05, 4.69) is 22.9 Å². The first kappa shape index (κ1) is 16.1. The predicted octanol–water partition coefficient (Wildman–Crippen LogP) is 3.15. The Morgan fingerprint density at radius 3 is 2.75 bits per heavy atom. The van der Waals surface area contributed by atoms with Gasteiger partial charge in [-0.1, -0.05) is 29.3 Å². The van der Waals surface area contributed by atoms with Crippen LogP contribution in [0.25, 0.3) is 0 Å². The predicted molar refractivity (Wildman–Crippen MR) is 84.7 cm³/mol. The molecule has 0 aromatic heterocycles. The van der Waals surface area contributed by atoms with Crippen LogP contribution < -0.4 is 0 Å². The topological polar surface area (TPSA) is 15.7 Å². The molecule has 5 heteroatoms. The molecule has 0 aliphatic carbocycles. The first-order chi connectivity index (χ1) is 9.60. The zero-order valence-corrected chi connectivity index (χ0v) is 13.6. The Morgan fingerprint density at radius 1 is 1.25 bits per heavy atom. The van der Waals surface area contributed by atoms with Gasteiger partial charge < -0.3 is 9.64 Å². The van der Waals surface area contributed by atoms with Crippen LogP contribution in [0.4, 0.5) is 0 Å². The highest BCUT2D eigenvalue weighted by atomic mass is 35.5. The Morgan fingerprint density at radius 2 is 2.05 bits per heavy atom. The van der Waals surface area contributed by atoms with Gasteiger partial charge in [-0.05, 0) is 31.2 Å². The Balaban J connectivity index is 1.93. The first-order valence-corrected chi connectivity index (χ1v) is 7.71. The van der Waals surface area contributed by atoms with Crippen LogP contribution in [0.5, 0.6) is 0 Å². The molecule has 0 radical (unpaired) electrons. The summed E-state index contributed by atoms with van der Waals surface area (Å²) in [6.07, 6.45) is 1.07.